The summed E-state index contributed by atoms with van der Waals surface area (Å²) in [5.41, 5.74) is 2.61. The lowest BCUT2D eigenvalue weighted by Crippen LogP contribution is -2.16. The molecular weight excluding hydrogens is 290 g/mol. The number of hydrogen-bond donors (Lipinski definition) is 1. The lowest BCUT2D eigenvalue weighted by Gasteiger charge is -2.09. The summed E-state index contributed by atoms with van der Waals surface area (Å²) in [5.74, 6) is 0. The standard InChI is InChI=1S/C15H24BrNO/c1-12(2)18-9-5-4-8-17-11-14-7-6-13(3)10-15(14)16/h6-7,10,12,17H,4-5,8-9,11H2,1-3H3. The summed E-state index contributed by atoms with van der Waals surface area (Å²) in [5, 5.41) is 3.46. The minimum Gasteiger partial charge on any atom is -0.379 e. The van der Waals surface area contributed by atoms with E-state index in [1.807, 2.05) is 0 Å². The van der Waals surface area contributed by atoms with Gasteiger partial charge in [-0.15, -0.1) is 0 Å². The number of ether oxygens (including phenoxy) is 1. The van der Waals surface area contributed by atoms with Crippen LogP contribution < -0.4 is 5.32 Å². The second-order valence-electron chi connectivity index (χ2n) is 4.90. The first-order valence-corrected chi connectivity index (χ1v) is 7.46. The van der Waals surface area contributed by atoms with Gasteiger partial charge in [-0.05, 0) is 57.4 Å². The van der Waals surface area contributed by atoms with Gasteiger partial charge >= 0.3 is 0 Å². The molecule has 0 radical (unpaired) electrons. The molecule has 0 aliphatic carbocycles. The molecule has 18 heavy (non-hydrogen) atoms. The van der Waals surface area contributed by atoms with Crippen molar-refractivity contribution in [1.29, 1.82) is 0 Å². The molecule has 0 fully saturated rings. The van der Waals surface area contributed by atoms with Crippen molar-refractivity contribution in [2.24, 2.45) is 0 Å². The zero-order valence-corrected chi connectivity index (χ0v) is 13.2. The topological polar surface area (TPSA) is 21.3 Å². The van der Waals surface area contributed by atoms with Gasteiger partial charge in [-0.2, -0.15) is 0 Å². The van der Waals surface area contributed by atoms with Crippen molar-refractivity contribution >= 4 is 15.9 Å². The average molecular weight is 314 g/mol. The van der Waals surface area contributed by atoms with Gasteiger partial charge in [0.1, 0.15) is 0 Å². The summed E-state index contributed by atoms with van der Waals surface area (Å²) < 4.78 is 6.70. The molecule has 0 spiro atoms. The Morgan fingerprint density at radius 2 is 2.06 bits per heavy atom. The Morgan fingerprint density at radius 3 is 2.72 bits per heavy atom. The third-order valence-electron chi connectivity index (χ3n) is 2.72. The van der Waals surface area contributed by atoms with Crippen LogP contribution in [0, 0.1) is 6.92 Å². The highest BCUT2D eigenvalue weighted by atomic mass is 79.9. The Bertz CT molecular complexity index is 352. The summed E-state index contributed by atoms with van der Waals surface area (Å²) >= 11 is 3.60. The van der Waals surface area contributed by atoms with E-state index < -0.39 is 0 Å². The predicted octanol–water partition coefficient (Wildman–Crippen LogP) is 4.05. The maximum absolute atomic E-state index is 5.50. The number of unbranched alkanes of at least 4 members (excludes halogenated alkanes) is 1. The van der Waals surface area contributed by atoms with Crippen molar-refractivity contribution < 1.29 is 4.74 Å². The molecule has 1 aromatic rings. The largest absolute Gasteiger partial charge is 0.379 e. The molecule has 102 valence electrons. The van der Waals surface area contributed by atoms with Crippen molar-refractivity contribution in [3.8, 4) is 0 Å². The van der Waals surface area contributed by atoms with Gasteiger partial charge in [-0.3, -0.25) is 0 Å². The van der Waals surface area contributed by atoms with E-state index in [1.54, 1.807) is 0 Å². The molecule has 0 amide bonds. The quantitative estimate of drug-likeness (QED) is 0.731. The van der Waals surface area contributed by atoms with Crippen molar-refractivity contribution in [2.75, 3.05) is 13.2 Å². The van der Waals surface area contributed by atoms with Crippen LogP contribution in [0.4, 0.5) is 0 Å². The molecule has 0 atom stereocenters. The number of aryl methyl sites for hydroxylation is 1. The van der Waals surface area contributed by atoms with Crippen molar-refractivity contribution in [1.82, 2.24) is 5.32 Å². The normalized spacial score (nSPS) is 11.2. The van der Waals surface area contributed by atoms with E-state index in [0.29, 0.717) is 6.10 Å². The molecule has 2 nitrogen and oxygen atoms in total. The minimum absolute atomic E-state index is 0.349. The van der Waals surface area contributed by atoms with E-state index in [1.165, 1.54) is 15.6 Å². The predicted molar refractivity (Wildman–Crippen MR) is 80.9 cm³/mol. The van der Waals surface area contributed by atoms with E-state index >= 15 is 0 Å². The number of nitrogens with one attached hydrogen (secondary N) is 1. The molecule has 0 unspecified atom stereocenters. The van der Waals surface area contributed by atoms with Gasteiger partial charge in [0, 0.05) is 17.6 Å². The van der Waals surface area contributed by atoms with Crippen LogP contribution in [0.15, 0.2) is 22.7 Å². The maximum Gasteiger partial charge on any atom is 0.0518 e. The summed E-state index contributed by atoms with van der Waals surface area (Å²) in [6.07, 6.45) is 2.64. The van der Waals surface area contributed by atoms with Crippen molar-refractivity contribution in [3.63, 3.8) is 0 Å². The van der Waals surface area contributed by atoms with Gasteiger partial charge < -0.3 is 10.1 Å². The monoisotopic (exact) mass is 313 g/mol. The summed E-state index contributed by atoms with van der Waals surface area (Å²) in [4.78, 5) is 0. The van der Waals surface area contributed by atoms with Crippen LogP contribution in [-0.2, 0) is 11.3 Å². The average Bonchev–Trinajstić information content (AvgIpc) is 2.30. The fourth-order valence-corrected chi connectivity index (χ4v) is 2.32. The van der Waals surface area contributed by atoms with Crippen LogP contribution >= 0.6 is 15.9 Å². The highest BCUT2D eigenvalue weighted by molar-refractivity contribution is 9.10. The van der Waals surface area contributed by atoms with E-state index in [-0.39, 0.29) is 0 Å². The zero-order chi connectivity index (χ0) is 13.4. The fourth-order valence-electron chi connectivity index (χ4n) is 1.69. The molecule has 3 heteroatoms. The van der Waals surface area contributed by atoms with Gasteiger partial charge in [0.05, 0.1) is 6.10 Å². The highest BCUT2D eigenvalue weighted by Gasteiger charge is 1.99. The second-order valence-corrected chi connectivity index (χ2v) is 5.75. The number of rotatable bonds is 8. The maximum atomic E-state index is 5.50. The molecule has 0 aliphatic heterocycles. The van der Waals surface area contributed by atoms with E-state index in [0.717, 1.165) is 32.5 Å². The third kappa shape index (κ3) is 6.53. The lowest BCUT2D eigenvalue weighted by molar-refractivity contribution is 0.0760. The Kier molecular flexibility index (Phi) is 7.56. The molecule has 0 aromatic heterocycles. The second kappa shape index (κ2) is 8.68. The van der Waals surface area contributed by atoms with E-state index in [4.69, 9.17) is 4.74 Å². The molecule has 0 bridgehead atoms. The molecular formula is C15H24BrNO. The van der Waals surface area contributed by atoms with Crippen LogP contribution in [0.3, 0.4) is 0 Å². The Balaban J connectivity index is 2.11. The molecule has 0 saturated heterocycles. The van der Waals surface area contributed by atoms with Gasteiger partial charge in [0.2, 0.25) is 0 Å². The molecule has 1 N–H and O–H groups in total. The van der Waals surface area contributed by atoms with Crippen molar-refractivity contribution in [3.05, 3.63) is 33.8 Å². The Hall–Kier alpha value is -0.380. The van der Waals surface area contributed by atoms with Gasteiger partial charge in [-0.25, -0.2) is 0 Å². The summed E-state index contributed by atoms with van der Waals surface area (Å²) in [6, 6.07) is 6.49. The minimum atomic E-state index is 0.349. The van der Waals surface area contributed by atoms with Gasteiger partial charge in [0.25, 0.3) is 0 Å². The molecule has 0 saturated carbocycles. The summed E-state index contributed by atoms with van der Waals surface area (Å²) in [6.45, 7) is 9.10. The Labute approximate surface area is 119 Å². The number of halogens is 1. The zero-order valence-electron chi connectivity index (χ0n) is 11.6. The van der Waals surface area contributed by atoms with Crippen molar-refractivity contribution in [2.45, 2.75) is 46.3 Å². The number of benzene rings is 1. The SMILES string of the molecule is Cc1ccc(CNCCCCOC(C)C)c(Br)c1. The van der Waals surface area contributed by atoms with Crippen LogP contribution in [0.25, 0.3) is 0 Å². The first kappa shape index (κ1) is 15.7. The van der Waals surface area contributed by atoms with Crippen LogP contribution in [0.1, 0.15) is 37.8 Å². The third-order valence-corrected chi connectivity index (χ3v) is 3.46. The van der Waals surface area contributed by atoms with Crippen LogP contribution in [0.5, 0.6) is 0 Å². The van der Waals surface area contributed by atoms with Crippen LogP contribution in [-0.4, -0.2) is 19.3 Å². The lowest BCUT2D eigenvalue weighted by atomic mass is 10.1. The summed E-state index contributed by atoms with van der Waals surface area (Å²) in [7, 11) is 0. The van der Waals surface area contributed by atoms with Gasteiger partial charge in [-0.1, -0.05) is 28.1 Å². The Morgan fingerprint density at radius 1 is 1.28 bits per heavy atom. The molecule has 0 heterocycles. The van der Waals surface area contributed by atoms with Crippen LogP contribution in [0.2, 0.25) is 0 Å². The highest BCUT2D eigenvalue weighted by Crippen LogP contribution is 2.17. The first-order valence-electron chi connectivity index (χ1n) is 6.67. The molecule has 0 aliphatic rings. The van der Waals surface area contributed by atoms with E-state index in [2.05, 4.69) is 60.2 Å². The molecule has 1 aromatic carbocycles. The van der Waals surface area contributed by atoms with Gasteiger partial charge in [0.15, 0.2) is 0 Å². The first-order chi connectivity index (χ1) is 8.59. The van der Waals surface area contributed by atoms with E-state index in [9.17, 15) is 0 Å². The number of hydrogen-bond acceptors (Lipinski definition) is 2. The smallest absolute Gasteiger partial charge is 0.0518 e. The molecule has 1 rings (SSSR count). The fraction of sp³-hybridized carbons (Fsp3) is 0.600.